The number of benzene rings is 1. The molecule has 0 aliphatic rings. The maximum absolute atomic E-state index is 11.0. The normalized spacial score (nSPS) is 12.8. The van der Waals surface area contributed by atoms with Crippen LogP contribution in [0, 0.1) is 12.8 Å². The van der Waals surface area contributed by atoms with Crippen molar-refractivity contribution in [2.24, 2.45) is 5.92 Å². The highest BCUT2D eigenvalue weighted by Crippen LogP contribution is 2.25. The molecule has 0 amide bonds. The zero-order valence-corrected chi connectivity index (χ0v) is 11.1. The Hall–Kier alpha value is -1.77. The summed E-state index contributed by atoms with van der Waals surface area (Å²) in [6.45, 7) is 6.87. The average molecular weight is 245 g/mol. The lowest BCUT2D eigenvalue weighted by atomic mass is 9.99. The number of aromatic nitrogens is 1. The molecule has 1 aromatic carbocycles. The Labute approximate surface area is 107 Å². The molecule has 0 aliphatic heterocycles. The molecular weight excluding hydrogens is 226 g/mol. The lowest BCUT2D eigenvalue weighted by Crippen LogP contribution is -2.13. The van der Waals surface area contributed by atoms with E-state index < -0.39 is 5.97 Å². The van der Waals surface area contributed by atoms with Crippen molar-refractivity contribution >= 4 is 16.9 Å². The number of fused-ring (bicyclic) bond motifs is 1. The van der Waals surface area contributed by atoms with Gasteiger partial charge in [0.2, 0.25) is 0 Å². The summed E-state index contributed by atoms with van der Waals surface area (Å²) in [6, 6.07) is 8.29. The highest BCUT2D eigenvalue weighted by Gasteiger charge is 2.15. The molecule has 2 rings (SSSR count). The minimum Gasteiger partial charge on any atom is -0.481 e. The standard InChI is InChI=1S/C15H19NO2/c1-4-16-11(3)9-13-7-5-6-12(14(13)16)8-10(2)15(17)18/h5-7,9-10H,4,8H2,1-3H3,(H,17,18). The van der Waals surface area contributed by atoms with E-state index in [1.165, 1.54) is 16.6 Å². The second-order valence-corrected chi connectivity index (χ2v) is 4.83. The molecule has 1 aromatic heterocycles. The van der Waals surface area contributed by atoms with Gasteiger partial charge in [-0.05, 0) is 31.9 Å². The third kappa shape index (κ3) is 2.13. The van der Waals surface area contributed by atoms with Crippen LogP contribution >= 0.6 is 0 Å². The van der Waals surface area contributed by atoms with E-state index in [0.29, 0.717) is 6.42 Å². The summed E-state index contributed by atoms with van der Waals surface area (Å²) in [5.74, 6) is -1.09. The van der Waals surface area contributed by atoms with E-state index >= 15 is 0 Å². The summed E-state index contributed by atoms with van der Waals surface area (Å²) >= 11 is 0. The number of hydrogen-bond donors (Lipinski definition) is 1. The second kappa shape index (κ2) is 4.84. The Morgan fingerprint density at radius 3 is 2.78 bits per heavy atom. The molecule has 18 heavy (non-hydrogen) atoms. The van der Waals surface area contributed by atoms with Crippen molar-refractivity contribution in [3.05, 3.63) is 35.5 Å². The molecule has 96 valence electrons. The van der Waals surface area contributed by atoms with E-state index in [4.69, 9.17) is 5.11 Å². The molecule has 0 saturated carbocycles. The van der Waals surface area contributed by atoms with Crippen LogP contribution in [0.4, 0.5) is 0 Å². The van der Waals surface area contributed by atoms with Gasteiger partial charge in [-0.3, -0.25) is 4.79 Å². The predicted molar refractivity (Wildman–Crippen MR) is 72.9 cm³/mol. The van der Waals surface area contributed by atoms with Gasteiger partial charge in [-0.1, -0.05) is 25.1 Å². The molecule has 3 heteroatoms. The monoisotopic (exact) mass is 245 g/mol. The van der Waals surface area contributed by atoms with Gasteiger partial charge in [0.1, 0.15) is 0 Å². The number of carboxylic acid groups (broad SMARTS) is 1. The van der Waals surface area contributed by atoms with Gasteiger partial charge in [-0.15, -0.1) is 0 Å². The smallest absolute Gasteiger partial charge is 0.306 e. The van der Waals surface area contributed by atoms with E-state index in [0.717, 1.165) is 12.1 Å². The predicted octanol–water partition coefficient (Wildman–Crippen LogP) is 3.23. The van der Waals surface area contributed by atoms with E-state index in [-0.39, 0.29) is 5.92 Å². The lowest BCUT2D eigenvalue weighted by Gasteiger charge is -2.11. The molecule has 1 atom stereocenters. The fraction of sp³-hybridized carbons (Fsp3) is 0.400. The van der Waals surface area contributed by atoms with Crippen molar-refractivity contribution in [3.8, 4) is 0 Å². The maximum atomic E-state index is 11.0. The van der Waals surface area contributed by atoms with Crippen LogP contribution in [-0.4, -0.2) is 15.6 Å². The topological polar surface area (TPSA) is 42.2 Å². The average Bonchev–Trinajstić information content (AvgIpc) is 2.65. The number of para-hydroxylation sites is 1. The minimum atomic E-state index is -0.738. The van der Waals surface area contributed by atoms with Gasteiger partial charge in [-0.25, -0.2) is 0 Å². The first-order valence-electron chi connectivity index (χ1n) is 6.35. The second-order valence-electron chi connectivity index (χ2n) is 4.83. The van der Waals surface area contributed by atoms with Crippen LogP contribution in [-0.2, 0) is 17.8 Å². The zero-order valence-electron chi connectivity index (χ0n) is 11.1. The molecule has 0 aliphatic carbocycles. The molecular formula is C15H19NO2. The molecule has 3 nitrogen and oxygen atoms in total. The quantitative estimate of drug-likeness (QED) is 0.898. The first-order chi connectivity index (χ1) is 8.54. The van der Waals surface area contributed by atoms with Gasteiger partial charge in [0, 0.05) is 17.6 Å². The van der Waals surface area contributed by atoms with Crippen LogP contribution in [0.3, 0.4) is 0 Å². The maximum Gasteiger partial charge on any atom is 0.306 e. The van der Waals surface area contributed by atoms with E-state index in [1.54, 1.807) is 6.92 Å². The van der Waals surface area contributed by atoms with Crippen LogP contribution in [0.5, 0.6) is 0 Å². The number of nitrogens with zero attached hydrogens (tertiary/aromatic N) is 1. The Bertz CT molecular complexity index is 583. The van der Waals surface area contributed by atoms with Crippen molar-refractivity contribution in [1.29, 1.82) is 0 Å². The molecule has 0 spiro atoms. The van der Waals surface area contributed by atoms with Gasteiger partial charge >= 0.3 is 5.97 Å². The largest absolute Gasteiger partial charge is 0.481 e. The summed E-state index contributed by atoms with van der Waals surface area (Å²) in [4.78, 5) is 11.0. The molecule has 1 unspecified atom stereocenters. The van der Waals surface area contributed by atoms with Crippen LogP contribution in [0.2, 0.25) is 0 Å². The van der Waals surface area contributed by atoms with E-state index in [9.17, 15) is 4.79 Å². The van der Waals surface area contributed by atoms with Gasteiger partial charge in [0.25, 0.3) is 0 Å². The first-order valence-corrected chi connectivity index (χ1v) is 6.35. The van der Waals surface area contributed by atoms with Crippen molar-refractivity contribution in [3.63, 3.8) is 0 Å². The van der Waals surface area contributed by atoms with E-state index in [2.05, 4.69) is 30.5 Å². The molecule has 1 N–H and O–H groups in total. The summed E-state index contributed by atoms with van der Waals surface area (Å²) in [5.41, 5.74) is 3.53. The van der Waals surface area contributed by atoms with Crippen molar-refractivity contribution in [2.75, 3.05) is 0 Å². The van der Waals surface area contributed by atoms with Gasteiger partial charge in [-0.2, -0.15) is 0 Å². The first kappa shape index (κ1) is 12.7. The summed E-state index contributed by atoms with van der Waals surface area (Å²) < 4.78 is 2.25. The third-order valence-electron chi connectivity index (χ3n) is 3.47. The Morgan fingerprint density at radius 1 is 1.44 bits per heavy atom. The summed E-state index contributed by atoms with van der Waals surface area (Å²) in [7, 11) is 0. The molecule has 0 fully saturated rings. The highest BCUT2D eigenvalue weighted by molar-refractivity contribution is 5.85. The number of carboxylic acids is 1. The van der Waals surface area contributed by atoms with Crippen LogP contribution in [0.1, 0.15) is 25.1 Å². The fourth-order valence-electron chi connectivity index (χ4n) is 2.53. The highest BCUT2D eigenvalue weighted by atomic mass is 16.4. The number of rotatable bonds is 4. The summed E-state index contributed by atoms with van der Waals surface area (Å²) in [6.07, 6.45) is 0.579. The zero-order chi connectivity index (χ0) is 13.3. The van der Waals surface area contributed by atoms with E-state index in [1.807, 2.05) is 12.1 Å². The van der Waals surface area contributed by atoms with Crippen molar-refractivity contribution in [1.82, 2.24) is 4.57 Å². The summed E-state index contributed by atoms with van der Waals surface area (Å²) in [5, 5.41) is 10.2. The molecule has 2 aromatic rings. The minimum absolute atomic E-state index is 0.351. The molecule has 0 radical (unpaired) electrons. The van der Waals surface area contributed by atoms with Crippen molar-refractivity contribution in [2.45, 2.75) is 33.7 Å². The molecule has 0 saturated heterocycles. The molecule has 0 bridgehead atoms. The molecule has 1 heterocycles. The fourth-order valence-corrected chi connectivity index (χ4v) is 2.53. The van der Waals surface area contributed by atoms with Gasteiger partial charge < -0.3 is 9.67 Å². The number of hydrogen-bond acceptors (Lipinski definition) is 1. The Balaban J connectivity index is 2.53. The van der Waals surface area contributed by atoms with Gasteiger partial charge in [0.15, 0.2) is 0 Å². The third-order valence-corrected chi connectivity index (χ3v) is 3.47. The number of aliphatic carboxylic acids is 1. The van der Waals surface area contributed by atoms with Crippen LogP contribution in [0.15, 0.2) is 24.3 Å². The van der Waals surface area contributed by atoms with Crippen molar-refractivity contribution < 1.29 is 9.90 Å². The Morgan fingerprint density at radius 2 is 2.17 bits per heavy atom. The number of aryl methyl sites for hydroxylation is 2. The SMILES string of the molecule is CCn1c(C)cc2cccc(CC(C)C(=O)O)c21. The number of carbonyl (C=O) groups is 1. The van der Waals surface area contributed by atoms with Crippen LogP contribution in [0.25, 0.3) is 10.9 Å². The van der Waals surface area contributed by atoms with Crippen LogP contribution < -0.4 is 0 Å². The lowest BCUT2D eigenvalue weighted by molar-refractivity contribution is -0.141. The van der Waals surface area contributed by atoms with Gasteiger partial charge in [0.05, 0.1) is 11.4 Å². The Kier molecular flexibility index (Phi) is 3.41.